The van der Waals surface area contributed by atoms with Crippen LogP contribution in [0.5, 0.6) is 0 Å². The molecule has 0 amide bonds. The summed E-state index contributed by atoms with van der Waals surface area (Å²) in [5.74, 6) is 0. The lowest BCUT2D eigenvalue weighted by Crippen LogP contribution is -2.41. The predicted octanol–water partition coefficient (Wildman–Crippen LogP) is 1.50. The van der Waals surface area contributed by atoms with Crippen LogP contribution in [0, 0.1) is 5.41 Å². The second-order valence-electron chi connectivity index (χ2n) is 4.87. The molecule has 1 saturated heterocycles. The van der Waals surface area contributed by atoms with Crippen LogP contribution in [-0.2, 0) is 9.31 Å². The van der Waals surface area contributed by atoms with Crippen molar-refractivity contribution in [3.05, 3.63) is 11.2 Å². The zero-order chi connectivity index (χ0) is 11.9. The van der Waals surface area contributed by atoms with Gasteiger partial charge in [0.1, 0.15) is 0 Å². The molecule has 1 aliphatic heterocycles. The standard InChI is InChI=1S/C10H19BN2O2/c1-7(6-12)8(13)11-14-9(2,3)10(4,5)15-11/h6,12H,13H2,1-5H3/b8-7-,12-6?. The third-order valence-corrected chi connectivity index (χ3v) is 3.18. The Morgan fingerprint density at radius 3 is 1.93 bits per heavy atom. The highest BCUT2D eigenvalue weighted by Crippen LogP contribution is 2.37. The van der Waals surface area contributed by atoms with Gasteiger partial charge in [-0.15, -0.1) is 0 Å². The minimum atomic E-state index is -0.545. The van der Waals surface area contributed by atoms with Gasteiger partial charge in [0, 0.05) is 11.8 Å². The molecule has 4 nitrogen and oxygen atoms in total. The van der Waals surface area contributed by atoms with Gasteiger partial charge in [-0.25, -0.2) is 0 Å². The number of hydrogen-bond acceptors (Lipinski definition) is 4. The van der Waals surface area contributed by atoms with Crippen LogP contribution in [0.15, 0.2) is 11.2 Å². The smallest absolute Gasteiger partial charge is 0.405 e. The molecule has 0 saturated carbocycles. The van der Waals surface area contributed by atoms with Crippen molar-refractivity contribution in [1.29, 1.82) is 5.41 Å². The van der Waals surface area contributed by atoms with E-state index >= 15 is 0 Å². The maximum absolute atomic E-state index is 7.13. The summed E-state index contributed by atoms with van der Waals surface area (Å²) in [4.78, 5) is 0. The van der Waals surface area contributed by atoms with Crippen LogP contribution < -0.4 is 5.73 Å². The summed E-state index contributed by atoms with van der Waals surface area (Å²) in [6.45, 7) is 9.66. The lowest BCUT2D eigenvalue weighted by Gasteiger charge is -2.32. The minimum Gasteiger partial charge on any atom is -0.405 e. The normalized spacial score (nSPS) is 25.0. The maximum Gasteiger partial charge on any atom is 0.511 e. The molecule has 1 heterocycles. The van der Waals surface area contributed by atoms with E-state index in [1.807, 2.05) is 27.7 Å². The highest BCUT2D eigenvalue weighted by Gasteiger charge is 2.52. The molecular formula is C10H19BN2O2. The van der Waals surface area contributed by atoms with Gasteiger partial charge in [-0.2, -0.15) is 0 Å². The zero-order valence-electron chi connectivity index (χ0n) is 10.0. The first-order chi connectivity index (χ1) is 6.71. The van der Waals surface area contributed by atoms with E-state index in [4.69, 9.17) is 20.5 Å². The SMILES string of the molecule is C/C(C=N)=C(/N)B1OC(C)(C)C(C)(C)O1. The Hall–Kier alpha value is -0.805. The first-order valence-electron chi connectivity index (χ1n) is 5.03. The van der Waals surface area contributed by atoms with Crippen LogP contribution in [0.25, 0.3) is 0 Å². The quantitative estimate of drug-likeness (QED) is 0.536. The summed E-state index contributed by atoms with van der Waals surface area (Å²) in [7, 11) is -0.545. The monoisotopic (exact) mass is 210 g/mol. The second-order valence-corrected chi connectivity index (χ2v) is 4.87. The fraction of sp³-hybridized carbons (Fsp3) is 0.700. The van der Waals surface area contributed by atoms with Crippen LogP contribution in [0.3, 0.4) is 0 Å². The highest BCUT2D eigenvalue weighted by atomic mass is 16.7. The van der Waals surface area contributed by atoms with Crippen molar-refractivity contribution in [2.75, 3.05) is 0 Å². The molecule has 0 radical (unpaired) electrons. The second kappa shape index (κ2) is 3.65. The number of hydrogen-bond donors (Lipinski definition) is 2. The van der Waals surface area contributed by atoms with Crippen LogP contribution in [0.4, 0.5) is 0 Å². The van der Waals surface area contributed by atoms with Crippen LogP contribution in [-0.4, -0.2) is 24.5 Å². The van der Waals surface area contributed by atoms with Gasteiger partial charge in [0.25, 0.3) is 0 Å². The molecule has 0 bridgehead atoms. The van der Waals surface area contributed by atoms with Crippen molar-refractivity contribution in [3.63, 3.8) is 0 Å². The van der Waals surface area contributed by atoms with Gasteiger partial charge >= 0.3 is 7.12 Å². The van der Waals surface area contributed by atoms with E-state index in [1.54, 1.807) is 6.92 Å². The number of allylic oxidation sites excluding steroid dienone is 1. The Balaban J connectivity index is 2.93. The zero-order valence-corrected chi connectivity index (χ0v) is 10.0. The first kappa shape index (κ1) is 12.3. The maximum atomic E-state index is 7.13. The molecule has 0 atom stereocenters. The molecule has 15 heavy (non-hydrogen) atoms. The average Bonchev–Trinajstić information content (AvgIpc) is 2.33. The minimum absolute atomic E-state index is 0.384. The molecule has 0 aromatic carbocycles. The van der Waals surface area contributed by atoms with E-state index in [0.717, 1.165) is 0 Å². The molecule has 1 aliphatic rings. The molecule has 0 aliphatic carbocycles. The van der Waals surface area contributed by atoms with E-state index in [1.165, 1.54) is 6.21 Å². The number of rotatable bonds is 2. The first-order valence-corrected chi connectivity index (χ1v) is 5.03. The molecule has 1 fully saturated rings. The van der Waals surface area contributed by atoms with E-state index < -0.39 is 7.12 Å². The molecular weight excluding hydrogens is 191 g/mol. The Bertz CT molecular complexity index is 295. The van der Waals surface area contributed by atoms with Crippen molar-refractivity contribution in [2.45, 2.75) is 45.8 Å². The fourth-order valence-electron chi connectivity index (χ4n) is 1.24. The van der Waals surface area contributed by atoms with Gasteiger partial charge in [-0.05, 0) is 40.2 Å². The highest BCUT2D eigenvalue weighted by molar-refractivity contribution is 6.55. The Morgan fingerprint density at radius 2 is 1.60 bits per heavy atom. The Kier molecular flexibility index (Phi) is 2.98. The van der Waals surface area contributed by atoms with E-state index in [0.29, 0.717) is 11.2 Å². The molecule has 3 N–H and O–H groups in total. The molecule has 0 unspecified atom stereocenters. The summed E-state index contributed by atoms with van der Waals surface area (Å²) >= 11 is 0. The fourth-order valence-corrected chi connectivity index (χ4v) is 1.24. The summed E-state index contributed by atoms with van der Waals surface area (Å²) in [5.41, 5.74) is 6.24. The largest absolute Gasteiger partial charge is 0.511 e. The summed E-state index contributed by atoms with van der Waals surface area (Å²) in [5, 5.41) is 7.13. The van der Waals surface area contributed by atoms with Gasteiger partial charge in [-0.3, -0.25) is 0 Å². The van der Waals surface area contributed by atoms with Crippen molar-refractivity contribution < 1.29 is 9.31 Å². The lowest BCUT2D eigenvalue weighted by atomic mass is 9.82. The third-order valence-electron chi connectivity index (χ3n) is 3.18. The molecule has 0 aromatic heterocycles. The van der Waals surface area contributed by atoms with E-state index in [9.17, 15) is 0 Å². The van der Waals surface area contributed by atoms with Crippen LogP contribution in [0.2, 0.25) is 0 Å². The van der Waals surface area contributed by atoms with Gasteiger partial charge in [0.15, 0.2) is 0 Å². The summed E-state index contributed by atoms with van der Waals surface area (Å²) < 4.78 is 11.5. The van der Waals surface area contributed by atoms with Crippen molar-refractivity contribution in [2.24, 2.45) is 5.73 Å². The molecule has 84 valence electrons. The van der Waals surface area contributed by atoms with Crippen molar-refractivity contribution in [1.82, 2.24) is 0 Å². The van der Waals surface area contributed by atoms with Crippen LogP contribution in [0.1, 0.15) is 34.6 Å². The predicted molar refractivity (Wildman–Crippen MR) is 61.8 cm³/mol. The molecule has 0 aromatic rings. The Morgan fingerprint density at radius 1 is 1.20 bits per heavy atom. The topological polar surface area (TPSA) is 68.3 Å². The van der Waals surface area contributed by atoms with Gasteiger partial charge in [0.05, 0.1) is 11.2 Å². The lowest BCUT2D eigenvalue weighted by molar-refractivity contribution is 0.00578. The van der Waals surface area contributed by atoms with Crippen molar-refractivity contribution in [3.8, 4) is 0 Å². The average molecular weight is 210 g/mol. The van der Waals surface area contributed by atoms with E-state index in [2.05, 4.69) is 0 Å². The van der Waals surface area contributed by atoms with Gasteiger partial charge in [-0.1, -0.05) is 0 Å². The third kappa shape index (κ3) is 2.08. The van der Waals surface area contributed by atoms with Crippen LogP contribution >= 0.6 is 0 Å². The summed E-state index contributed by atoms with van der Waals surface area (Å²) in [6.07, 6.45) is 1.21. The number of nitrogens with one attached hydrogen (secondary N) is 1. The van der Waals surface area contributed by atoms with Gasteiger partial charge in [0.2, 0.25) is 0 Å². The Labute approximate surface area is 91.5 Å². The van der Waals surface area contributed by atoms with E-state index in [-0.39, 0.29) is 11.2 Å². The van der Waals surface area contributed by atoms with Crippen molar-refractivity contribution >= 4 is 13.3 Å². The molecule has 5 heteroatoms. The van der Waals surface area contributed by atoms with Gasteiger partial charge < -0.3 is 20.5 Å². The molecule has 1 rings (SSSR count). The molecule has 0 spiro atoms. The number of nitrogens with two attached hydrogens (primary N) is 1. The summed E-state index contributed by atoms with van der Waals surface area (Å²) in [6, 6.07) is 0.